The third-order valence-corrected chi connectivity index (χ3v) is 3.74. The van der Waals surface area contributed by atoms with Gasteiger partial charge < -0.3 is 10.6 Å². The number of carbonyl (C=O) groups is 1. The molecule has 5 nitrogen and oxygen atoms in total. The van der Waals surface area contributed by atoms with Crippen LogP contribution in [0.15, 0.2) is 12.4 Å². The number of piperidine rings is 1. The third-order valence-electron chi connectivity index (χ3n) is 3.74. The van der Waals surface area contributed by atoms with Crippen molar-refractivity contribution in [3.05, 3.63) is 12.4 Å². The van der Waals surface area contributed by atoms with E-state index in [0.717, 1.165) is 31.6 Å². The Bertz CT molecular complexity index is 418. The van der Waals surface area contributed by atoms with Crippen molar-refractivity contribution in [2.75, 3.05) is 18.4 Å². The first-order chi connectivity index (χ1) is 8.81. The van der Waals surface area contributed by atoms with Crippen LogP contribution in [0, 0.1) is 5.92 Å². The zero-order valence-electron chi connectivity index (χ0n) is 10.6. The van der Waals surface area contributed by atoms with Crippen LogP contribution < -0.4 is 10.6 Å². The fourth-order valence-corrected chi connectivity index (χ4v) is 2.47. The van der Waals surface area contributed by atoms with Crippen molar-refractivity contribution in [1.82, 2.24) is 15.1 Å². The van der Waals surface area contributed by atoms with Crippen LogP contribution in [-0.2, 0) is 4.79 Å². The number of nitrogens with zero attached hydrogens (tertiary/aromatic N) is 2. The molecule has 0 radical (unpaired) electrons. The molecule has 0 aromatic carbocycles. The number of anilines is 1. The Morgan fingerprint density at radius 1 is 1.39 bits per heavy atom. The second-order valence-electron chi connectivity index (χ2n) is 5.39. The van der Waals surface area contributed by atoms with Gasteiger partial charge in [0.05, 0.1) is 17.9 Å². The largest absolute Gasteiger partial charge is 0.323 e. The molecule has 2 N–H and O–H groups in total. The monoisotopic (exact) mass is 248 g/mol. The van der Waals surface area contributed by atoms with Crippen LogP contribution in [0.5, 0.6) is 0 Å². The van der Waals surface area contributed by atoms with Gasteiger partial charge in [-0.05, 0) is 44.7 Å². The SMILES string of the molecule is O=C(CC1CC1)Nc1cnn(C2CCNCC2)c1. The molecule has 0 spiro atoms. The lowest BCUT2D eigenvalue weighted by Crippen LogP contribution is -2.29. The van der Waals surface area contributed by atoms with Gasteiger partial charge in [-0.3, -0.25) is 9.48 Å². The van der Waals surface area contributed by atoms with Crippen LogP contribution in [-0.4, -0.2) is 28.8 Å². The predicted octanol–water partition coefficient (Wildman–Crippen LogP) is 1.55. The Morgan fingerprint density at radius 3 is 2.89 bits per heavy atom. The molecule has 2 aliphatic rings. The van der Waals surface area contributed by atoms with Crippen molar-refractivity contribution < 1.29 is 4.79 Å². The molecule has 1 amide bonds. The maximum absolute atomic E-state index is 11.7. The molecule has 0 atom stereocenters. The lowest BCUT2D eigenvalue weighted by atomic mass is 10.1. The molecule has 1 aliphatic carbocycles. The molecule has 2 fully saturated rings. The number of hydrogen-bond donors (Lipinski definition) is 2. The number of rotatable bonds is 4. The van der Waals surface area contributed by atoms with E-state index >= 15 is 0 Å². The second kappa shape index (κ2) is 5.10. The van der Waals surface area contributed by atoms with E-state index in [2.05, 4.69) is 15.7 Å². The number of aromatic nitrogens is 2. The summed E-state index contributed by atoms with van der Waals surface area (Å²) >= 11 is 0. The van der Waals surface area contributed by atoms with E-state index in [4.69, 9.17) is 0 Å². The quantitative estimate of drug-likeness (QED) is 0.850. The average Bonchev–Trinajstić information content (AvgIpc) is 3.06. The summed E-state index contributed by atoms with van der Waals surface area (Å²) in [5, 5.41) is 10.6. The highest BCUT2D eigenvalue weighted by Gasteiger charge is 2.24. The van der Waals surface area contributed by atoms with Gasteiger partial charge in [-0.1, -0.05) is 0 Å². The summed E-state index contributed by atoms with van der Waals surface area (Å²) in [4.78, 5) is 11.7. The van der Waals surface area contributed by atoms with Crippen LogP contribution in [0.1, 0.15) is 38.1 Å². The summed E-state index contributed by atoms with van der Waals surface area (Å²) in [6, 6.07) is 0.473. The normalized spacial score (nSPS) is 20.9. The summed E-state index contributed by atoms with van der Waals surface area (Å²) in [5.41, 5.74) is 0.833. The lowest BCUT2D eigenvalue weighted by molar-refractivity contribution is -0.116. The zero-order chi connectivity index (χ0) is 12.4. The first-order valence-corrected chi connectivity index (χ1v) is 6.86. The van der Waals surface area contributed by atoms with Crippen molar-refractivity contribution >= 4 is 11.6 Å². The van der Waals surface area contributed by atoms with E-state index in [1.54, 1.807) is 6.20 Å². The van der Waals surface area contributed by atoms with Gasteiger partial charge in [0.1, 0.15) is 0 Å². The van der Waals surface area contributed by atoms with Crippen molar-refractivity contribution in [3.63, 3.8) is 0 Å². The molecule has 18 heavy (non-hydrogen) atoms. The topological polar surface area (TPSA) is 59.0 Å². The highest BCUT2D eigenvalue weighted by molar-refractivity contribution is 5.90. The van der Waals surface area contributed by atoms with Gasteiger partial charge in [0.15, 0.2) is 0 Å². The Kier molecular flexibility index (Phi) is 3.32. The van der Waals surface area contributed by atoms with Crippen LogP contribution in [0.25, 0.3) is 0 Å². The van der Waals surface area contributed by atoms with E-state index in [-0.39, 0.29) is 5.91 Å². The van der Waals surface area contributed by atoms with E-state index in [0.29, 0.717) is 18.4 Å². The molecule has 3 rings (SSSR count). The predicted molar refractivity (Wildman–Crippen MR) is 69.3 cm³/mol. The molecular formula is C13H20N4O. The van der Waals surface area contributed by atoms with E-state index in [1.165, 1.54) is 12.8 Å². The minimum atomic E-state index is 0.127. The van der Waals surface area contributed by atoms with E-state index in [1.807, 2.05) is 10.9 Å². The Labute approximate surface area is 107 Å². The first kappa shape index (κ1) is 11.7. The number of carbonyl (C=O) groups excluding carboxylic acids is 1. The molecule has 0 bridgehead atoms. The van der Waals surface area contributed by atoms with E-state index in [9.17, 15) is 4.79 Å². The highest BCUT2D eigenvalue weighted by atomic mass is 16.1. The van der Waals surface area contributed by atoms with Crippen LogP contribution in [0.4, 0.5) is 5.69 Å². The van der Waals surface area contributed by atoms with Gasteiger partial charge in [-0.2, -0.15) is 5.10 Å². The molecule has 1 saturated carbocycles. The number of nitrogens with one attached hydrogen (secondary N) is 2. The van der Waals surface area contributed by atoms with Gasteiger partial charge in [0.2, 0.25) is 5.91 Å². The molecule has 0 unspecified atom stereocenters. The van der Waals surface area contributed by atoms with Crippen molar-refractivity contribution in [2.24, 2.45) is 5.92 Å². The smallest absolute Gasteiger partial charge is 0.224 e. The van der Waals surface area contributed by atoms with Gasteiger partial charge in [0, 0.05) is 12.6 Å². The first-order valence-electron chi connectivity index (χ1n) is 6.86. The summed E-state index contributed by atoms with van der Waals surface area (Å²) in [6.45, 7) is 2.10. The van der Waals surface area contributed by atoms with Gasteiger partial charge in [0.25, 0.3) is 0 Å². The maximum Gasteiger partial charge on any atom is 0.224 e. The van der Waals surface area contributed by atoms with Crippen LogP contribution >= 0.6 is 0 Å². The summed E-state index contributed by atoms with van der Waals surface area (Å²) in [7, 11) is 0. The summed E-state index contributed by atoms with van der Waals surface area (Å²) in [6.07, 6.45) is 9.02. The molecular weight excluding hydrogens is 228 g/mol. The Morgan fingerprint density at radius 2 is 2.17 bits per heavy atom. The van der Waals surface area contributed by atoms with Gasteiger partial charge in [-0.15, -0.1) is 0 Å². The average molecular weight is 248 g/mol. The summed E-state index contributed by atoms with van der Waals surface area (Å²) in [5.74, 6) is 0.756. The molecule has 98 valence electrons. The lowest BCUT2D eigenvalue weighted by Gasteiger charge is -2.22. The molecule has 5 heteroatoms. The fourth-order valence-electron chi connectivity index (χ4n) is 2.47. The van der Waals surface area contributed by atoms with Crippen LogP contribution in [0.3, 0.4) is 0 Å². The number of amides is 1. The maximum atomic E-state index is 11.7. The van der Waals surface area contributed by atoms with Crippen molar-refractivity contribution in [2.45, 2.75) is 38.1 Å². The molecule has 1 aromatic heterocycles. The molecule has 1 aromatic rings. The van der Waals surface area contributed by atoms with Gasteiger partial charge in [-0.25, -0.2) is 0 Å². The number of hydrogen-bond acceptors (Lipinski definition) is 3. The Hall–Kier alpha value is -1.36. The molecule has 1 saturated heterocycles. The van der Waals surface area contributed by atoms with Crippen LogP contribution in [0.2, 0.25) is 0 Å². The summed E-state index contributed by atoms with van der Waals surface area (Å²) < 4.78 is 1.99. The Balaban J connectivity index is 1.56. The van der Waals surface area contributed by atoms with E-state index < -0.39 is 0 Å². The zero-order valence-corrected chi connectivity index (χ0v) is 10.6. The standard InChI is InChI=1S/C13H20N4O/c18-13(7-10-1-2-10)16-11-8-15-17(9-11)12-3-5-14-6-4-12/h8-10,12,14H,1-7H2,(H,16,18). The van der Waals surface area contributed by atoms with Gasteiger partial charge >= 0.3 is 0 Å². The highest BCUT2D eigenvalue weighted by Crippen LogP contribution is 2.32. The minimum Gasteiger partial charge on any atom is -0.323 e. The minimum absolute atomic E-state index is 0.127. The second-order valence-corrected chi connectivity index (χ2v) is 5.39. The third kappa shape index (κ3) is 2.90. The fraction of sp³-hybridized carbons (Fsp3) is 0.692. The van der Waals surface area contributed by atoms with Crippen molar-refractivity contribution in [3.8, 4) is 0 Å². The van der Waals surface area contributed by atoms with Crippen molar-refractivity contribution in [1.29, 1.82) is 0 Å². The molecule has 2 heterocycles. The molecule has 1 aliphatic heterocycles.